The first-order chi connectivity index (χ1) is 19.1. The van der Waals surface area contributed by atoms with Crippen LogP contribution < -0.4 is 4.74 Å². The van der Waals surface area contributed by atoms with E-state index in [1.54, 1.807) is 29.2 Å². The van der Waals surface area contributed by atoms with Crippen LogP contribution in [0, 0.1) is 6.92 Å². The van der Waals surface area contributed by atoms with Gasteiger partial charge in [0.2, 0.25) is 0 Å². The zero-order chi connectivity index (χ0) is 28.2. The number of hydrogen-bond acceptors (Lipinski definition) is 5. The Morgan fingerprint density at radius 3 is 2.35 bits per heavy atom. The Bertz CT molecular complexity index is 1560. The van der Waals surface area contributed by atoms with E-state index >= 15 is 0 Å². The highest BCUT2D eigenvalue weighted by atomic mass is 19.4. The summed E-state index contributed by atoms with van der Waals surface area (Å²) >= 11 is 0. The third-order valence-corrected chi connectivity index (χ3v) is 8.27. The van der Waals surface area contributed by atoms with Gasteiger partial charge in [0.05, 0.1) is 19.0 Å². The fraction of sp³-hybridized carbons (Fsp3) is 0.367. The molecule has 2 aliphatic rings. The number of alkyl halides is 3. The second kappa shape index (κ2) is 9.62. The maximum atomic E-state index is 14.3. The number of ether oxygens (including phenoxy) is 1. The third kappa shape index (κ3) is 4.30. The molecule has 2 fully saturated rings. The highest BCUT2D eigenvalue weighted by Gasteiger charge is 2.51. The summed E-state index contributed by atoms with van der Waals surface area (Å²) in [4.78, 5) is 22.6. The minimum Gasteiger partial charge on any atom is -0.497 e. The van der Waals surface area contributed by atoms with Crippen LogP contribution in [-0.4, -0.2) is 63.1 Å². The second-order valence-corrected chi connectivity index (χ2v) is 10.6. The van der Waals surface area contributed by atoms with Gasteiger partial charge in [-0.3, -0.25) is 9.69 Å². The van der Waals surface area contributed by atoms with Crippen LogP contribution in [0.2, 0.25) is 0 Å². The average Bonchev–Trinajstić information content (AvgIpc) is 3.66. The first-order valence-electron chi connectivity index (χ1n) is 13.4. The van der Waals surface area contributed by atoms with Gasteiger partial charge in [-0.1, -0.05) is 30.3 Å². The fourth-order valence-corrected chi connectivity index (χ4v) is 6.04. The number of rotatable bonds is 5. The van der Waals surface area contributed by atoms with E-state index in [0.717, 1.165) is 17.4 Å². The van der Waals surface area contributed by atoms with Gasteiger partial charge >= 0.3 is 6.18 Å². The number of benzene rings is 2. The van der Waals surface area contributed by atoms with Crippen molar-refractivity contribution < 1.29 is 22.7 Å². The molecule has 0 bridgehead atoms. The lowest BCUT2D eigenvalue weighted by Gasteiger charge is -2.44. The molecule has 0 unspecified atom stereocenters. The number of halogens is 3. The minimum absolute atomic E-state index is 0.00300. The van der Waals surface area contributed by atoms with E-state index in [-0.39, 0.29) is 40.0 Å². The number of piperazine rings is 1. The molecule has 1 amide bonds. The first kappa shape index (κ1) is 26.3. The standard InChI is InChI=1S/C30H30F3N5O2/c1-19-18-36(29(13-14-29)22-7-5-4-6-8-22)15-16-37(19)28(39)24-17-34-38-26(30(31,32)33)20(2)25(35-27(24)38)21-9-11-23(40-3)12-10-21/h4-12,17,19H,13-16,18H2,1-3H3/t19-/m1/s1. The molecular formula is C30H30F3N5O2. The number of carbonyl (C=O) groups excluding carboxylic acids is 1. The molecule has 0 radical (unpaired) electrons. The van der Waals surface area contributed by atoms with E-state index in [0.29, 0.717) is 30.9 Å². The van der Waals surface area contributed by atoms with Crippen molar-refractivity contribution in [1.82, 2.24) is 24.4 Å². The van der Waals surface area contributed by atoms with Gasteiger partial charge in [0.25, 0.3) is 5.91 Å². The molecule has 1 saturated heterocycles. The molecule has 1 aliphatic heterocycles. The minimum atomic E-state index is -4.70. The predicted octanol–water partition coefficient (Wildman–Crippen LogP) is 5.57. The number of nitrogens with zero attached hydrogens (tertiary/aromatic N) is 5. The lowest BCUT2D eigenvalue weighted by molar-refractivity contribution is -0.143. The van der Waals surface area contributed by atoms with Gasteiger partial charge in [-0.15, -0.1) is 0 Å². The van der Waals surface area contributed by atoms with Crippen LogP contribution >= 0.6 is 0 Å². The highest BCUT2D eigenvalue weighted by molar-refractivity contribution is 6.00. The van der Waals surface area contributed by atoms with Crippen LogP contribution in [0.1, 0.15) is 46.9 Å². The summed E-state index contributed by atoms with van der Waals surface area (Å²) in [5, 5.41) is 4.01. The van der Waals surface area contributed by atoms with Gasteiger partial charge in [-0.2, -0.15) is 18.3 Å². The van der Waals surface area contributed by atoms with Gasteiger partial charge in [0.1, 0.15) is 11.3 Å². The van der Waals surface area contributed by atoms with Crippen LogP contribution in [0.4, 0.5) is 13.2 Å². The number of aromatic nitrogens is 3. The Balaban J connectivity index is 1.34. The van der Waals surface area contributed by atoms with Crippen LogP contribution in [0.3, 0.4) is 0 Å². The van der Waals surface area contributed by atoms with Gasteiger partial charge in [-0.05, 0) is 56.5 Å². The molecule has 7 nitrogen and oxygen atoms in total. The topological polar surface area (TPSA) is 63.0 Å². The van der Waals surface area contributed by atoms with Crippen molar-refractivity contribution in [3.63, 3.8) is 0 Å². The Morgan fingerprint density at radius 2 is 1.75 bits per heavy atom. The van der Waals surface area contributed by atoms with E-state index in [4.69, 9.17) is 4.74 Å². The number of hydrogen-bond donors (Lipinski definition) is 0. The van der Waals surface area contributed by atoms with E-state index in [2.05, 4.69) is 27.1 Å². The lowest BCUT2D eigenvalue weighted by Crippen LogP contribution is -2.56. The summed E-state index contributed by atoms with van der Waals surface area (Å²) < 4.78 is 48.9. The summed E-state index contributed by atoms with van der Waals surface area (Å²) in [5.74, 6) is 0.212. The molecule has 2 aromatic carbocycles. The molecule has 0 N–H and O–H groups in total. The number of carbonyl (C=O) groups is 1. The van der Waals surface area contributed by atoms with Gasteiger partial charge < -0.3 is 9.64 Å². The first-order valence-corrected chi connectivity index (χ1v) is 13.4. The summed E-state index contributed by atoms with van der Waals surface area (Å²) in [5.41, 5.74) is 0.870. The molecule has 6 rings (SSSR count). The van der Waals surface area contributed by atoms with Crippen LogP contribution in [-0.2, 0) is 11.7 Å². The SMILES string of the molecule is COc1ccc(-c2nc3c(C(=O)N4CCN(C5(c6ccccc6)CC5)C[C@H]4C)cnn3c(C(F)(F)F)c2C)cc1. The fourth-order valence-electron chi connectivity index (χ4n) is 6.04. The smallest absolute Gasteiger partial charge is 0.433 e. The van der Waals surface area contributed by atoms with E-state index < -0.39 is 11.9 Å². The quantitative estimate of drug-likeness (QED) is 0.326. The zero-order valence-electron chi connectivity index (χ0n) is 22.6. The van der Waals surface area contributed by atoms with Crippen molar-refractivity contribution in [2.24, 2.45) is 0 Å². The number of fused-ring (bicyclic) bond motifs is 1. The van der Waals surface area contributed by atoms with Crippen LogP contribution in [0.25, 0.3) is 16.9 Å². The maximum Gasteiger partial charge on any atom is 0.433 e. The Kier molecular flexibility index (Phi) is 6.33. The van der Waals surface area contributed by atoms with Crippen molar-refractivity contribution >= 4 is 11.6 Å². The number of methoxy groups -OCH3 is 1. The molecule has 2 aromatic heterocycles. The molecule has 40 heavy (non-hydrogen) atoms. The molecular weight excluding hydrogens is 519 g/mol. The van der Waals surface area contributed by atoms with Crippen molar-refractivity contribution in [3.05, 3.63) is 83.2 Å². The van der Waals surface area contributed by atoms with Crippen molar-refractivity contribution in [2.45, 2.75) is 44.4 Å². The predicted molar refractivity (Wildman–Crippen MR) is 144 cm³/mol. The van der Waals surface area contributed by atoms with Crippen LogP contribution in [0.5, 0.6) is 5.75 Å². The largest absolute Gasteiger partial charge is 0.497 e. The second-order valence-electron chi connectivity index (χ2n) is 10.6. The van der Waals surface area contributed by atoms with Crippen molar-refractivity contribution in [1.29, 1.82) is 0 Å². The van der Waals surface area contributed by atoms with Crippen LogP contribution in [0.15, 0.2) is 60.8 Å². The Labute approximate surface area is 230 Å². The molecule has 0 spiro atoms. The monoisotopic (exact) mass is 549 g/mol. The molecule has 1 saturated carbocycles. The van der Waals surface area contributed by atoms with Gasteiger partial charge in [0.15, 0.2) is 11.3 Å². The Morgan fingerprint density at radius 1 is 1.05 bits per heavy atom. The molecule has 1 aliphatic carbocycles. The van der Waals surface area contributed by atoms with E-state index in [1.165, 1.54) is 25.8 Å². The molecule has 4 aromatic rings. The van der Waals surface area contributed by atoms with E-state index in [1.807, 2.05) is 25.1 Å². The molecule has 3 heterocycles. The van der Waals surface area contributed by atoms with E-state index in [9.17, 15) is 18.0 Å². The highest BCUT2D eigenvalue weighted by Crippen LogP contribution is 2.51. The summed E-state index contributed by atoms with van der Waals surface area (Å²) in [6.45, 7) is 5.19. The Hall–Kier alpha value is -3.92. The maximum absolute atomic E-state index is 14.3. The summed E-state index contributed by atoms with van der Waals surface area (Å²) in [6, 6.07) is 16.9. The molecule has 10 heteroatoms. The average molecular weight is 550 g/mol. The summed E-state index contributed by atoms with van der Waals surface area (Å²) in [6.07, 6.45) is -1.34. The van der Waals surface area contributed by atoms with Crippen molar-refractivity contribution in [3.8, 4) is 17.0 Å². The van der Waals surface area contributed by atoms with Gasteiger partial charge in [-0.25, -0.2) is 9.50 Å². The van der Waals surface area contributed by atoms with Crippen molar-refractivity contribution in [2.75, 3.05) is 26.7 Å². The third-order valence-electron chi connectivity index (χ3n) is 8.27. The molecule has 208 valence electrons. The summed E-state index contributed by atoms with van der Waals surface area (Å²) in [7, 11) is 1.52. The normalized spacial score (nSPS) is 19.1. The number of amides is 1. The zero-order valence-corrected chi connectivity index (χ0v) is 22.6. The molecule has 1 atom stereocenters. The lowest BCUT2D eigenvalue weighted by atomic mass is 10.0. The van der Waals surface area contributed by atoms with Gasteiger partial charge in [0, 0.05) is 42.3 Å².